The van der Waals surface area contributed by atoms with Crippen molar-refractivity contribution in [3.63, 3.8) is 0 Å². The van der Waals surface area contributed by atoms with E-state index < -0.39 is 18.3 Å². The van der Waals surface area contributed by atoms with Crippen LogP contribution < -0.4 is 66.5 Å². The summed E-state index contributed by atoms with van der Waals surface area (Å²) in [4.78, 5) is 25.4. The van der Waals surface area contributed by atoms with E-state index in [1.807, 2.05) is 24.4 Å². The fraction of sp³-hybridized carbons (Fsp3) is 0.238. The molecule has 2 aromatic carbocycles. The van der Waals surface area contributed by atoms with E-state index in [0.717, 1.165) is 10.9 Å². The molecule has 146 valence electrons. The number of aromatic nitrogens is 1. The molecule has 0 fully saturated rings. The Balaban J connectivity index is 0.00000300. The van der Waals surface area contributed by atoms with E-state index in [1.165, 1.54) is 11.6 Å². The summed E-state index contributed by atoms with van der Waals surface area (Å²) in [7, 11) is 0. The maximum atomic E-state index is 11.6. The van der Waals surface area contributed by atoms with Crippen molar-refractivity contribution < 1.29 is 70.8 Å². The molecular weight excluding hydrogens is 419 g/mol. The predicted octanol–water partition coefficient (Wildman–Crippen LogP) is 1.13. The second kappa shape index (κ2) is 10.1. The normalized spacial score (nSPS) is 10.7. The third kappa shape index (κ3) is 5.84. The van der Waals surface area contributed by atoms with Crippen molar-refractivity contribution in [3.8, 4) is 11.5 Å². The smallest absolute Gasteiger partial charge is 0.550 e. The van der Waals surface area contributed by atoms with Crippen molar-refractivity contribution >= 4 is 40.1 Å². The molecule has 0 saturated carbocycles. The zero-order chi connectivity index (χ0) is 20.4. The third-order valence-electron chi connectivity index (χ3n) is 4.35. The molecule has 0 aliphatic heterocycles. The summed E-state index contributed by atoms with van der Waals surface area (Å²) in [5.41, 5.74) is 3.33. The molecule has 0 bridgehead atoms. The first-order valence-electron chi connectivity index (χ1n) is 8.83. The minimum atomic E-state index is -1.44. The molecule has 6 nitrogen and oxygen atoms in total. The molecule has 8 heteroatoms. The number of aryl methyl sites for hydroxylation is 1. The number of fused-ring (bicyclic) bond motifs is 1. The standard InChI is InChI=1S/C21H21ClN2O4.K/c1-11(2)16-10-23-18-5-4-14(8-15(16)18)28-21-12(3)6-13(7-17(21)22)24-19(25)9-20(26)27;/h4-8,10-11,23H,9H2,1-3H3,(H,24,25)(H,26,27);/q;+1/p-1. The van der Waals surface area contributed by atoms with Gasteiger partial charge in [-0.1, -0.05) is 25.4 Å². The molecular formula is C21H20ClKN2O4. The molecule has 0 unspecified atom stereocenters. The maximum absolute atomic E-state index is 11.6. The van der Waals surface area contributed by atoms with Crippen molar-refractivity contribution in [2.24, 2.45) is 0 Å². The number of carbonyl (C=O) groups is 2. The number of nitrogens with one attached hydrogen (secondary N) is 2. The molecule has 1 aromatic heterocycles. The van der Waals surface area contributed by atoms with Gasteiger partial charge in [-0.15, -0.1) is 0 Å². The van der Waals surface area contributed by atoms with Crippen LogP contribution in [-0.2, 0) is 9.59 Å². The van der Waals surface area contributed by atoms with E-state index in [0.29, 0.717) is 33.7 Å². The number of carbonyl (C=O) groups excluding carboxylic acids is 2. The Labute approximate surface area is 216 Å². The Kier molecular flexibility index (Phi) is 8.34. The van der Waals surface area contributed by atoms with Gasteiger partial charge in [0.25, 0.3) is 0 Å². The number of rotatable bonds is 6. The van der Waals surface area contributed by atoms with Crippen molar-refractivity contribution in [1.82, 2.24) is 4.98 Å². The topological polar surface area (TPSA) is 94.2 Å². The van der Waals surface area contributed by atoms with Crippen LogP contribution in [0, 0.1) is 6.92 Å². The van der Waals surface area contributed by atoms with E-state index in [4.69, 9.17) is 16.3 Å². The van der Waals surface area contributed by atoms with E-state index in [-0.39, 0.29) is 51.4 Å². The van der Waals surface area contributed by atoms with Gasteiger partial charge in [0.2, 0.25) is 5.91 Å². The van der Waals surface area contributed by atoms with Crippen LogP contribution in [0.3, 0.4) is 0 Å². The average molecular weight is 439 g/mol. The molecule has 1 amide bonds. The third-order valence-corrected chi connectivity index (χ3v) is 4.63. The first-order valence-corrected chi connectivity index (χ1v) is 9.21. The first-order chi connectivity index (χ1) is 13.2. The Bertz CT molecular complexity index is 1040. The number of carboxylic acids is 1. The molecule has 3 rings (SSSR count). The van der Waals surface area contributed by atoms with Gasteiger partial charge in [0.15, 0.2) is 0 Å². The monoisotopic (exact) mass is 438 g/mol. The SMILES string of the molecule is Cc1cc(NC(=O)CC(=O)[O-])cc(Cl)c1Oc1ccc2[nH]cc(C(C)C)c2c1.[K+]. The molecule has 29 heavy (non-hydrogen) atoms. The Morgan fingerprint density at radius 2 is 1.97 bits per heavy atom. The largest absolute Gasteiger partial charge is 1.00 e. The number of carboxylic acid groups (broad SMARTS) is 1. The number of hydrogen-bond donors (Lipinski definition) is 2. The first kappa shape index (κ1) is 23.9. The summed E-state index contributed by atoms with van der Waals surface area (Å²) < 4.78 is 6.01. The van der Waals surface area contributed by atoms with Gasteiger partial charge in [-0.3, -0.25) is 4.79 Å². The number of aliphatic carboxylic acids is 1. The van der Waals surface area contributed by atoms with Gasteiger partial charge in [-0.25, -0.2) is 0 Å². The van der Waals surface area contributed by atoms with Crippen molar-refractivity contribution in [3.05, 3.63) is 52.7 Å². The minimum Gasteiger partial charge on any atom is -0.550 e. The predicted molar refractivity (Wildman–Crippen MR) is 107 cm³/mol. The number of aromatic amines is 1. The molecule has 0 saturated heterocycles. The van der Waals surface area contributed by atoms with Gasteiger partial charge in [0, 0.05) is 22.8 Å². The number of amides is 1. The van der Waals surface area contributed by atoms with Crippen LogP contribution in [0.1, 0.15) is 37.3 Å². The van der Waals surface area contributed by atoms with Crippen LogP contribution in [0.15, 0.2) is 36.5 Å². The second-order valence-corrected chi connectivity index (χ2v) is 7.32. The summed E-state index contributed by atoms with van der Waals surface area (Å²) in [6, 6.07) is 8.96. The molecule has 0 aliphatic rings. The molecule has 2 N–H and O–H groups in total. The molecule has 0 radical (unpaired) electrons. The molecule has 3 aromatic rings. The number of halogens is 1. The fourth-order valence-corrected chi connectivity index (χ4v) is 3.35. The molecule has 0 spiro atoms. The van der Waals surface area contributed by atoms with Crippen LogP contribution in [0.2, 0.25) is 5.02 Å². The van der Waals surface area contributed by atoms with Crippen molar-refractivity contribution in [2.45, 2.75) is 33.1 Å². The van der Waals surface area contributed by atoms with Gasteiger partial charge in [-0.05, 0) is 54.3 Å². The van der Waals surface area contributed by atoms with Crippen LogP contribution in [0.25, 0.3) is 10.9 Å². The van der Waals surface area contributed by atoms with Gasteiger partial charge in [0.1, 0.15) is 11.5 Å². The van der Waals surface area contributed by atoms with E-state index in [1.54, 1.807) is 13.0 Å². The van der Waals surface area contributed by atoms with Crippen molar-refractivity contribution in [1.29, 1.82) is 0 Å². The molecule has 0 aliphatic carbocycles. The Hall–Kier alpha value is -1.35. The number of ether oxygens (including phenoxy) is 1. The quantitative estimate of drug-likeness (QED) is 0.445. The van der Waals surface area contributed by atoms with Crippen LogP contribution in [0.4, 0.5) is 5.69 Å². The van der Waals surface area contributed by atoms with E-state index in [2.05, 4.69) is 24.1 Å². The van der Waals surface area contributed by atoms with E-state index in [9.17, 15) is 14.7 Å². The number of hydrogen-bond acceptors (Lipinski definition) is 4. The number of benzene rings is 2. The molecule has 1 heterocycles. The number of H-pyrrole nitrogens is 1. The summed E-state index contributed by atoms with van der Waals surface area (Å²) in [5.74, 6) is -0.629. The minimum absolute atomic E-state index is 0. The Morgan fingerprint density at radius 3 is 2.59 bits per heavy atom. The number of anilines is 1. The fourth-order valence-electron chi connectivity index (χ4n) is 3.05. The maximum Gasteiger partial charge on any atom is 1.00 e. The van der Waals surface area contributed by atoms with Crippen molar-refractivity contribution in [2.75, 3.05) is 5.32 Å². The zero-order valence-corrected chi connectivity index (χ0v) is 20.6. The summed E-state index contributed by atoms with van der Waals surface area (Å²) >= 11 is 6.34. The van der Waals surface area contributed by atoms with Crippen LogP contribution in [-0.4, -0.2) is 16.9 Å². The van der Waals surface area contributed by atoms with Gasteiger partial charge in [0.05, 0.1) is 17.4 Å². The summed E-state index contributed by atoms with van der Waals surface area (Å²) in [6.45, 7) is 6.05. The van der Waals surface area contributed by atoms with Crippen LogP contribution >= 0.6 is 11.6 Å². The zero-order valence-electron chi connectivity index (χ0n) is 16.8. The van der Waals surface area contributed by atoms with Gasteiger partial charge in [-0.2, -0.15) is 0 Å². The van der Waals surface area contributed by atoms with Gasteiger partial charge < -0.3 is 24.9 Å². The van der Waals surface area contributed by atoms with Gasteiger partial charge >= 0.3 is 51.4 Å². The summed E-state index contributed by atoms with van der Waals surface area (Å²) in [5, 5.41) is 14.4. The summed E-state index contributed by atoms with van der Waals surface area (Å²) in [6.07, 6.45) is 1.28. The average Bonchev–Trinajstić information content (AvgIpc) is 3.00. The Morgan fingerprint density at radius 1 is 1.24 bits per heavy atom. The second-order valence-electron chi connectivity index (χ2n) is 6.91. The van der Waals surface area contributed by atoms with E-state index >= 15 is 0 Å². The van der Waals surface area contributed by atoms with Crippen LogP contribution in [0.5, 0.6) is 11.5 Å². The molecule has 0 atom stereocenters.